The summed E-state index contributed by atoms with van der Waals surface area (Å²) < 4.78 is 0. The highest BCUT2D eigenvalue weighted by molar-refractivity contribution is 6.06. The second-order valence-corrected chi connectivity index (χ2v) is 7.48. The van der Waals surface area contributed by atoms with Gasteiger partial charge < -0.3 is 10.3 Å². The number of hydrogen-bond acceptors (Lipinski definition) is 4. The lowest BCUT2D eigenvalue weighted by Gasteiger charge is -2.21. The first-order chi connectivity index (χ1) is 12.1. The lowest BCUT2D eigenvalue weighted by atomic mass is 9.85. The molecule has 0 radical (unpaired) electrons. The van der Waals surface area contributed by atoms with Gasteiger partial charge in [0.1, 0.15) is 6.54 Å². The van der Waals surface area contributed by atoms with Crippen LogP contribution in [-0.4, -0.2) is 34.2 Å². The van der Waals surface area contributed by atoms with Crippen molar-refractivity contribution in [1.82, 2.24) is 9.88 Å². The second-order valence-electron chi connectivity index (χ2n) is 7.48. The van der Waals surface area contributed by atoms with Gasteiger partial charge in [-0.3, -0.25) is 24.1 Å². The lowest BCUT2D eigenvalue weighted by Crippen LogP contribution is -2.36. The van der Waals surface area contributed by atoms with Crippen LogP contribution in [0, 0.1) is 0 Å². The Bertz CT molecular complexity index is 953. The number of nitrogens with zero attached hydrogens (tertiary/aromatic N) is 1. The van der Waals surface area contributed by atoms with Crippen LogP contribution < -0.4 is 10.9 Å². The van der Waals surface area contributed by atoms with Crippen molar-refractivity contribution in [3.05, 3.63) is 40.2 Å². The molecule has 0 bridgehead atoms. The average Bonchev–Trinajstić information content (AvgIpc) is 2.84. The molecule has 0 aliphatic carbocycles. The molecule has 2 heterocycles. The van der Waals surface area contributed by atoms with Crippen LogP contribution in [0.25, 0.3) is 10.9 Å². The van der Waals surface area contributed by atoms with E-state index < -0.39 is 5.91 Å². The van der Waals surface area contributed by atoms with Gasteiger partial charge in [-0.05, 0) is 23.1 Å². The van der Waals surface area contributed by atoms with Gasteiger partial charge >= 0.3 is 0 Å². The number of amides is 3. The number of aromatic nitrogens is 1. The van der Waals surface area contributed by atoms with Gasteiger partial charge in [0.05, 0.1) is 5.52 Å². The predicted molar refractivity (Wildman–Crippen MR) is 97.9 cm³/mol. The standard InChI is InChI=1S/C19H21N3O4/c1-19(2,3)13-9-15(23)21-14-8-11(4-5-12(13)14)20-16(24)10-22-17(25)6-7-18(22)26/h4-5,8-9H,6-7,10H2,1-3H3,(H,20,24)(H,21,23). The highest BCUT2D eigenvalue weighted by Crippen LogP contribution is 2.29. The SMILES string of the molecule is CC(C)(C)c1cc(=O)[nH]c2cc(NC(=O)CN3C(=O)CCC3=O)ccc12. The van der Waals surface area contributed by atoms with Crippen molar-refractivity contribution in [2.75, 3.05) is 11.9 Å². The molecular weight excluding hydrogens is 334 g/mol. The van der Waals surface area contributed by atoms with E-state index in [1.54, 1.807) is 18.2 Å². The molecule has 136 valence electrons. The maximum atomic E-state index is 12.2. The number of hydrogen-bond donors (Lipinski definition) is 2. The third kappa shape index (κ3) is 3.51. The van der Waals surface area contributed by atoms with E-state index in [2.05, 4.69) is 10.3 Å². The fourth-order valence-electron chi connectivity index (χ4n) is 3.10. The van der Waals surface area contributed by atoms with E-state index in [1.165, 1.54) is 0 Å². The zero-order valence-electron chi connectivity index (χ0n) is 15.0. The summed E-state index contributed by atoms with van der Waals surface area (Å²) in [5.74, 6) is -1.12. The number of aromatic amines is 1. The monoisotopic (exact) mass is 355 g/mol. The lowest BCUT2D eigenvalue weighted by molar-refractivity contribution is -0.141. The Hall–Kier alpha value is -2.96. The predicted octanol–water partition coefficient (Wildman–Crippen LogP) is 1.91. The van der Waals surface area contributed by atoms with Crippen LogP contribution >= 0.6 is 0 Å². The molecule has 7 nitrogen and oxygen atoms in total. The molecule has 3 amide bonds. The number of rotatable bonds is 3. The number of benzene rings is 1. The van der Waals surface area contributed by atoms with Crippen LogP contribution in [0.1, 0.15) is 39.2 Å². The van der Waals surface area contributed by atoms with E-state index in [9.17, 15) is 19.2 Å². The van der Waals surface area contributed by atoms with Crippen LogP contribution in [0.15, 0.2) is 29.1 Å². The van der Waals surface area contributed by atoms with E-state index >= 15 is 0 Å². The van der Waals surface area contributed by atoms with E-state index in [0.29, 0.717) is 11.2 Å². The second kappa shape index (κ2) is 6.40. The molecule has 0 atom stereocenters. The first kappa shape index (κ1) is 17.8. The quantitative estimate of drug-likeness (QED) is 0.822. The van der Waals surface area contributed by atoms with E-state index in [-0.39, 0.29) is 42.2 Å². The summed E-state index contributed by atoms with van der Waals surface area (Å²) in [5.41, 5.74) is 1.62. The first-order valence-corrected chi connectivity index (χ1v) is 8.46. The van der Waals surface area contributed by atoms with Crippen LogP contribution in [0.5, 0.6) is 0 Å². The topological polar surface area (TPSA) is 99.3 Å². The molecule has 7 heteroatoms. The maximum Gasteiger partial charge on any atom is 0.248 e. The van der Waals surface area contributed by atoms with Crippen LogP contribution in [0.3, 0.4) is 0 Å². The fraction of sp³-hybridized carbons (Fsp3) is 0.368. The van der Waals surface area contributed by atoms with Crippen LogP contribution in [0.4, 0.5) is 5.69 Å². The van der Waals surface area contributed by atoms with Gasteiger partial charge in [0.25, 0.3) is 0 Å². The molecule has 1 fully saturated rings. The molecule has 3 rings (SSSR count). The van der Waals surface area contributed by atoms with Crippen molar-refractivity contribution in [2.45, 2.75) is 39.0 Å². The van der Waals surface area contributed by atoms with Gasteiger partial charge in [0, 0.05) is 30.0 Å². The van der Waals surface area contributed by atoms with Gasteiger partial charge in [-0.1, -0.05) is 26.8 Å². The smallest absolute Gasteiger partial charge is 0.248 e. The van der Waals surface area contributed by atoms with E-state index in [0.717, 1.165) is 15.8 Å². The minimum Gasteiger partial charge on any atom is -0.324 e. The maximum absolute atomic E-state index is 12.2. The Kier molecular flexibility index (Phi) is 4.39. The zero-order valence-corrected chi connectivity index (χ0v) is 15.0. The fourth-order valence-corrected chi connectivity index (χ4v) is 3.10. The molecule has 0 saturated carbocycles. The Labute approximate surface area is 150 Å². The highest BCUT2D eigenvalue weighted by Gasteiger charge is 2.30. The Morgan fingerprint density at radius 3 is 2.38 bits per heavy atom. The summed E-state index contributed by atoms with van der Waals surface area (Å²) in [6, 6.07) is 6.84. The number of imide groups is 1. The molecule has 2 N–H and O–H groups in total. The molecule has 2 aromatic rings. The van der Waals surface area contributed by atoms with Gasteiger partial charge in [0.15, 0.2) is 0 Å². The molecule has 26 heavy (non-hydrogen) atoms. The van der Waals surface area contributed by atoms with Crippen molar-refractivity contribution >= 4 is 34.3 Å². The Morgan fingerprint density at radius 1 is 1.12 bits per heavy atom. The van der Waals surface area contributed by atoms with Crippen molar-refractivity contribution in [1.29, 1.82) is 0 Å². The molecular formula is C19H21N3O4. The normalized spacial score (nSPS) is 15.0. The third-order valence-electron chi connectivity index (χ3n) is 4.39. The summed E-state index contributed by atoms with van der Waals surface area (Å²) in [4.78, 5) is 51.1. The molecule has 0 spiro atoms. The number of nitrogens with one attached hydrogen (secondary N) is 2. The van der Waals surface area contributed by atoms with E-state index in [1.807, 2.05) is 26.8 Å². The van der Waals surface area contributed by atoms with Gasteiger partial charge in [-0.2, -0.15) is 0 Å². The highest BCUT2D eigenvalue weighted by atomic mass is 16.2. The van der Waals surface area contributed by atoms with Crippen molar-refractivity contribution in [2.24, 2.45) is 0 Å². The molecule has 1 aliphatic heterocycles. The molecule has 1 aromatic carbocycles. The van der Waals surface area contributed by atoms with Gasteiger partial charge in [-0.25, -0.2) is 0 Å². The van der Waals surface area contributed by atoms with Crippen LogP contribution in [0.2, 0.25) is 0 Å². The number of carbonyl (C=O) groups excluding carboxylic acids is 3. The van der Waals surface area contributed by atoms with Crippen LogP contribution in [-0.2, 0) is 19.8 Å². The number of carbonyl (C=O) groups is 3. The van der Waals surface area contributed by atoms with Crippen molar-refractivity contribution in [3.63, 3.8) is 0 Å². The Morgan fingerprint density at radius 2 is 1.77 bits per heavy atom. The van der Waals surface area contributed by atoms with E-state index in [4.69, 9.17) is 0 Å². The molecule has 0 unspecified atom stereocenters. The third-order valence-corrected chi connectivity index (χ3v) is 4.39. The number of H-pyrrole nitrogens is 1. The summed E-state index contributed by atoms with van der Waals surface area (Å²) in [6.45, 7) is 5.79. The molecule has 1 aliphatic rings. The minimum atomic E-state index is -0.456. The minimum absolute atomic E-state index is 0.152. The molecule has 1 saturated heterocycles. The average molecular weight is 355 g/mol. The van der Waals surface area contributed by atoms with Crippen molar-refractivity contribution in [3.8, 4) is 0 Å². The summed E-state index contributed by atoms with van der Waals surface area (Å²) in [6.07, 6.45) is 0.303. The first-order valence-electron chi connectivity index (χ1n) is 8.46. The molecule has 1 aromatic heterocycles. The number of likely N-dealkylation sites (tertiary alicyclic amines) is 1. The number of fused-ring (bicyclic) bond motifs is 1. The summed E-state index contributed by atoms with van der Waals surface area (Å²) >= 11 is 0. The number of pyridine rings is 1. The summed E-state index contributed by atoms with van der Waals surface area (Å²) in [5, 5.41) is 3.58. The van der Waals surface area contributed by atoms with Gasteiger partial charge in [0.2, 0.25) is 23.3 Å². The zero-order chi connectivity index (χ0) is 19.1. The van der Waals surface area contributed by atoms with Crippen molar-refractivity contribution < 1.29 is 14.4 Å². The number of anilines is 1. The Balaban J connectivity index is 1.85. The largest absolute Gasteiger partial charge is 0.324 e. The van der Waals surface area contributed by atoms with Gasteiger partial charge in [-0.15, -0.1) is 0 Å². The summed E-state index contributed by atoms with van der Waals surface area (Å²) in [7, 11) is 0.